The van der Waals surface area contributed by atoms with Crippen molar-refractivity contribution in [2.45, 2.75) is 31.2 Å². The summed E-state index contributed by atoms with van der Waals surface area (Å²) in [6, 6.07) is 2.24. The fourth-order valence-electron chi connectivity index (χ4n) is 1.92. The Bertz CT molecular complexity index is 308. The first-order valence-electron chi connectivity index (χ1n) is 5.23. The number of hydrogen-bond donors (Lipinski definition) is 1. The highest BCUT2D eigenvalue weighted by Gasteiger charge is 2.41. The lowest BCUT2D eigenvalue weighted by atomic mass is 9.95. The van der Waals surface area contributed by atoms with E-state index >= 15 is 0 Å². The van der Waals surface area contributed by atoms with Gasteiger partial charge in [0.2, 0.25) is 0 Å². The zero-order valence-corrected chi connectivity index (χ0v) is 8.42. The molecule has 15 heavy (non-hydrogen) atoms. The van der Waals surface area contributed by atoms with Crippen LogP contribution in [0.25, 0.3) is 0 Å². The summed E-state index contributed by atoms with van der Waals surface area (Å²) in [5.74, 6) is -2.81. The summed E-state index contributed by atoms with van der Waals surface area (Å²) in [4.78, 5) is 3.74. The van der Waals surface area contributed by atoms with Gasteiger partial charge in [0.1, 0.15) is 0 Å². The van der Waals surface area contributed by atoms with Crippen molar-refractivity contribution < 1.29 is 8.78 Å². The van der Waals surface area contributed by atoms with Gasteiger partial charge in [-0.05, 0) is 31.5 Å². The average Bonchev–Trinajstić information content (AvgIpc) is 2.31. The molecule has 82 valence electrons. The maximum absolute atomic E-state index is 13.9. The van der Waals surface area contributed by atoms with E-state index in [1.807, 2.05) is 0 Å². The zero-order valence-electron chi connectivity index (χ0n) is 8.42. The van der Waals surface area contributed by atoms with Crippen LogP contribution in [0.3, 0.4) is 0 Å². The van der Waals surface area contributed by atoms with Gasteiger partial charge in [0, 0.05) is 18.0 Å². The predicted octanol–water partition coefficient (Wildman–Crippen LogP) is 2.32. The van der Waals surface area contributed by atoms with Crippen LogP contribution in [0.2, 0.25) is 0 Å². The summed E-state index contributed by atoms with van der Waals surface area (Å²) >= 11 is 0. The second-order valence-corrected chi connectivity index (χ2v) is 3.87. The Morgan fingerprint density at radius 1 is 1.40 bits per heavy atom. The van der Waals surface area contributed by atoms with Gasteiger partial charge in [-0.15, -0.1) is 0 Å². The highest BCUT2D eigenvalue weighted by Crippen LogP contribution is 2.34. The zero-order chi connectivity index (χ0) is 10.7. The third-order valence-electron chi connectivity index (χ3n) is 2.79. The van der Waals surface area contributed by atoms with Gasteiger partial charge in [-0.3, -0.25) is 4.98 Å². The van der Waals surface area contributed by atoms with Crippen molar-refractivity contribution in [3.05, 3.63) is 30.1 Å². The first-order chi connectivity index (χ1) is 7.21. The van der Waals surface area contributed by atoms with Crippen LogP contribution in [-0.2, 0) is 5.92 Å². The molecule has 1 unspecified atom stereocenters. The number of piperidine rings is 1. The van der Waals surface area contributed by atoms with Crippen LogP contribution >= 0.6 is 0 Å². The molecule has 2 nitrogen and oxygen atoms in total. The maximum Gasteiger partial charge on any atom is 0.289 e. The summed E-state index contributed by atoms with van der Waals surface area (Å²) in [6.45, 7) is 0.681. The fraction of sp³-hybridized carbons (Fsp3) is 0.545. The van der Waals surface area contributed by atoms with Crippen molar-refractivity contribution in [2.24, 2.45) is 0 Å². The first-order valence-corrected chi connectivity index (χ1v) is 5.23. The number of aromatic nitrogens is 1. The lowest BCUT2D eigenvalue weighted by molar-refractivity contribution is -0.0515. The second kappa shape index (κ2) is 4.23. The van der Waals surface area contributed by atoms with Gasteiger partial charge in [0.15, 0.2) is 0 Å². The molecule has 1 aliphatic rings. The van der Waals surface area contributed by atoms with Crippen molar-refractivity contribution in [3.63, 3.8) is 0 Å². The molecule has 2 rings (SSSR count). The molecule has 4 heteroatoms. The molecule has 1 aliphatic heterocycles. The fourth-order valence-corrected chi connectivity index (χ4v) is 1.92. The molecule has 0 amide bonds. The molecule has 0 aliphatic carbocycles. The Kier molecular flexibility index (Phi) is 2.95. The smallest absolute Gasteiger partial charge is 0.289 e. The minimum absolute atomic E-state index is 0.00407. The van der Waals surface area contributed by atoms with Gasteiger partial charge >= 0.3 is 0 Å². The molecule has 1 aromatic heterocycles. The molecule has 0 radical (unpaired) electrons. The van der Waals surface area contributed by atoms with E-state index in [1.165, 1.54) is 18.5 Å². The molecule has 1 aromatic rings. The van der Waals surface area contributed by atoms with Crippen molar-refractivity contribution in [1.82, 2.24) is 10.3 Å². The van der Waals surface area contributed by atoms with Crippen LogP contribution in [0.1, 0.15) is 24.8 Å². The Hall–Kier alpha value is -1.03. The van der Waals surface area contributed by atoms with Crippen molar-refractivity contribution in [1.29, 1.82) is 0 Å². The number of nitrogens with one attached hydrogen (secondary N) is 1. The molecule has 0 bridgehead atoms. The highest BCUT2D eigenvalue weighted by atomic mass is 19.3. The highest BCUT2D eigenvalue weighted by molar-refractivity contribution is 5.17. The summed E-state index contributed by atoms with van der Waals surface area (Å²) in [5.41, 5.74) is 0.00407. The minimum Gasteiger partial charge on any atom is -0.308 e. The third kappa shape index (κ3) is 2.15. The lowest BCUT2D eigenvalue weighted by Crippen LogP contribution is -2.45. The standard InChI is InChI=1S/C11H14F2N2/c12-11(13,9-4-3-6-14-8-9)10-5-1-2-7-15-10/h3-4,6,8,10,15H,1-2,5,7H2. The molecule has 0 aromatic carbocycles. The van der Waals surface area contributed by atoms with E-state index < -0.39 is 12.0 Å². The number of nitrogens with zero attached hydrogens (tertiary/aromatic N) is 1. The summed E-state index contributed by atoms with van der Waals surface area (Å²) in [6.07, 6.45) is 5.14. The summed E-state index contributed by atoms with van der Waals surface area (Å²) < 4.78 is 27.9. The molecule has 1 saturated heterocycles. The van der Waals surface area contributed by atoms with Gasteiger partial charge in [-0.25, -0.2) is 0 Å². The van der Waals surface area contributed by atoms with Gasteiger partial charge in [0.05, 0.1) is 6.04 Å². The second-order valence-electron chi connectivity index (χ2n) is 3.87. The van der Waals surface area contributed by atoms with E-state index in [-0.39, 0.29) is 5.56 Å². The quantitative estimate of drug-likeness (QED) is 0.813. The third-order valence-corrected chi connectivity index (χ3v) is 2.79. The van der Waals surface area contributed by atoms with Gasteiger partial charge in [0.25, 0.3) is 5.92 Å². The Labute approximate surface area is 87.7 Å². The first kappa shape index (κ1) is 10.5. The number of rotatable bonds is 2. The number of pyridine rings is 1. The van der Waals surface area contributed by atoms with E-state index in [1.54, 1.807) is 6.07 Å². The van der Waals surface area contributed by atoms with Gasteiger partial charge in [-0.1, -0.05) is 6.42 Å². The summed E-state index contributed by atoms with van der Waals surface area (Å²) in [5, 5.41) is 2.88. The van der Waals surface area contributed by atoms with Crippen molar-refractivity contribution in [2.75, 3.05) is 6.54 Å². The van der Waals surface area contributed by atoms with Crippen LogP contribution in [0.5, 0.6) is 0 Å². The monoisotopic (exact) mass is 212 g/mol. The molecule has 1 atom stereocenters. The van der Waals surface area contributed by atoms with Gasteiger partial charge in [-0.2, -0.15) is 8.78 Å². The molecule has 1 fully saturated rings. The van der Waals surface area contributed by atoms with Crippen molar-refractivity contribution >= 4 is 0 Å². The molecular weight excluding hydrogens is 198 g/mol. The van der Waals surface area contributed by atoms with Crippen LogP contribution < -0.4 is 5.32 Å². The van der Waals surface area contributed by atoms with Gasteiger partial charge < -0.3 is 5.32 Å². The topological polar surface area (TPSA) is 24.9 Å². The SMILES string of the molecule is FC(F)(c1cccnc1)C1CCCCN1. The minimum atomic E-state index is -2.81. The van der Waals surface area contributed by atoms with E-state index in [0.717, 1.165) is 12.8 Å². The normalized spacial score (nSPS) is 22.7. The molecule has 1 N–H and O–H groups in total. The predicted molar refractivity (Wildman–Crippen MR) is 53.8 cm³/mol. The van der Waals surface area contributed by atoms with E-state index in [9.17, 15) is 8.78 Å². The Morgan fingerprint density at radius 3 is 2.87 bits per heavy atom. The van der Waals surface area contributed by atoms with Crippen LogP contribution in [0.15, 0.2) is 24.5 Å². The number of hydrogen-bond acceptors (Lipinski definition) is 2. The molecule has 0 spiro atoms. The Balaban J connectivity index is 2.18. The largest absolute Gasteiger partial charge is 0.308 e. The van der Waals surface area contributed by atoms with E-state index in [4.69, 9.17) is 0 Å². The van der Waals surface area contributed by atoms with Crippen LogP contribution in [0, 0.1) is 0 Å². The molecule has 0 saturated carbocycles. The maximum atomic E-state index is 13.9. The number of halogens is 2. The summed E-state index contributed by atoms with van der Waals surface area (Å²) in [7, 11) is 0. The number of alkyl halides is 2. The molecule has 2 heterocycles. The van der Waals surface area contributed by atoms with E-state index in [0.29, 0.717) is 13.0 Å². The lowest BCUT2D eigenvalue weighted by Gasteiger charge is -2.31. The van der Waals surface area contributed by atoms with Crippen LogP contribution in [0.4, 0.5) is 8.78 Å². The average molecular weight is 212 g/mol. The van der Waals surface area contributed by atoms with Crippen LogP contribution in [-0.4, -0.2) is 17.6 Å². The Morgan fingerprint density at radius 2 is 2.27 bits per heavy atom. The van der Waals surface area contributed by atoms with Crippen molar-refractivity contribution in [3.8, 4) is 0 Å². The molecular formula is C11H14F2N2. The van der Waals surface area contributed by atoms with E-state index in [2.05, 4.69) is 10.3 Å².